The molecular formula is C12H14ClN3. The van der Waals surface area contributed by atoms with Crippen LogP contribution in [0.4, 0.5) is 0 Å². The van der Waals surface area contributed by atoms with Gasteiger partial charge in [0, 0.05) is 17.3 Å². The SMILES string of the molecule is Clc1cc2ncnn2cc1C1CCCCC1. The first kappa shape index (κ1) is 10.1. The second-order valence-corrected chi connectivity index (χ2v) is 4.88. The molecular weight excluding hydrogens is 222 g/mol. The van der Waals surface area contributed by atoms with E-state index in [1.807, 2.05) is 16.8 Å². The van der Waals surface area contributed by atoms with E-state index in [0.29, 0.717) is 5.92 Å². The van der Waals surface area contributed by atoms with Crippen LogP contribution in [0.25, 0.3) is 5.65 Å². The highest BCUT2D eigenvalue weighted by Gasteiger charge is 2.19. The van der Waals surface area contributed by atoms with Gasteiger partial charge in [-0.3, -0.25) is 0 Å². The average Bonchev–Trinajstić information content (AvgIpc) is 2.76. The number of rotatable bonds is 1. The van der Waals surface area contributed by atoms with E-state index in [-0.39, 0.29) is 0 Å². The molecule has 1 fully saturated rings. The summed E-state index contributed by atoms with van der Waals surface area (Å²) in [7, 11) is 0. The van der Waals surface area contributed by atoms with Crippen molar-refractivity contribution in [3.05, 3.63) is 29.2 Å². The van der Waals surface area contributed by atoms with Crippen molar-refractivity contribution in [3.8, 4) is 0 Å². The second-order valence-electron chi connectivity index (χ2n) is 4.47. The molecule has 0 spiro atoms. The zero-order chi connectivity index (χ0) is 11.0. The number of hydrogen-bond acceptors (Lipinski definition) is 2. The van der Waals surface area contributed by atoms with E-state index in [9.17, 15) is 0 Å². The normalized spacial score (nSPS) is 18.1. The van der Waals surface area contributed by atoms with Crippen LogP contribution in [0, 0.1) is 0 Å². The molecule has 0 radical (unpaired) electrons. The Morgan fingerprint density at radius 1 is 1.25 bits per heavy atom. The van der Waals surface area contributed by atoms with Crippen molar-refractivity contribution in [1.29, 1.82) is 0 Å². The van der Waals surface area contributed by atoms with E-state index >= 15 is 0 Å². The van der Waals surface area contributed by atoms with Crippen LogP contribution in [0.2, 0.25) is 5.02 Å². The summed E-state index contributed by atoms with van der Waals surface area (Å²) < 4.78 is 1.82. The molecule has 0 amide bonds. The standard InChI is InChI=1S/C12H14ClN3/c13-11-6-12-14-8-15-16(12)7-10(11)9-4-2-1-3-5-9/h6-9H,1-5H2. The molecule has 0 unspecified atom stereocenters. The molecule has 0 N–H and O–H groups in total. The quantitative estimate of drug-likeness (QED) is 0.758. The van der Waals surface area contributed by atoms with Crippen molar-refractivity contribution in [3.63, 3.8) is 0 Å². The van der Waals surface area contributed by atoms with Crippen molar-refractivity contribution >= 4 is 17.2 Å². The van der Waals surface area contributed by atoms with Crippen LogP contribution in [0.5, 0.6) is 0 Å². The molecule has 2 heterocycles. The fraction of sp³-hybridized carbons (Fsp3) is 0.500. The van der Waals surface area contributed by atoms with E-state index in [1.54, 1.807) is 6.33 Å². The lowest BCUT2D eigenvalue weighted by molar-refractivity contribution is 0.442. The van der Waals surface area contributed by atoms with Crippen LogP contribution in [0.1, 0.15) is 43.6 Å². The summed E-state index contributed by atoms with van der Waals surface area (Å²) in [4.78, 5) is 4.13. The number of pyridine rings is 1. The van der Waals surface area contributed by atoms with E-state index in [4.69, 9.17) is 11.6 Å². The lowest BCUT2D eigenvalue weighted by atomic mass is 9.85. The summed E-state index contributed by atoms with van der Waals surface area (Å²) in [6, 6.07) is 1.92. The maximum Gasteiger partial charge on any atom is 0.156 e. The zero-order valence-electron chi connectivity index (χ0n) is 9.06. The predicted molar refractivity (Wildman–Crippen MR) is 63.8 cm³/mol. The molecule has 1 aliphatic carbocycles. The van der Waals surface area contributed by atoms with Crippen molar-refractivity contribution in [1.82, 2.24) is 14.6 Å². The number of nitrogens with zero attached hydrogens (tertiary/aromatic N) is 3. The largest absolute Gasteiger partial charge is 0.221 e. The maximum absolute atomic E-state index is 6.31. The summed E-state index contributed by atoms with van der Waals surface area (Å²) in [5.74, 6) is 0.606. The van der Waals surface area contributed by atoms with Gasteiger partial charge in [-0.25, -0.2) is 9.50 Å². The van der Waals surface area contributed by atoms with E-state index < -0.39 is 0 Å². The summed E-state index contributed by atoms with van der Waals surface area (Å²) in [6.07, 6.45) is 10.1. The Kier molecular flexibility index (Phi) is 2.56. The number of halogens is 1. The minimum atomic E-state index is 0.606. The molecule has 1 aliphatic rings. The molecule has 0 bridgehead atoms. The van der Waals surface area contributed by atoms with Gasteiger partial charge in [0.15, 0.2) is 5.65 Å². The van der Waals surface area contributed by atoms with Crippen LogP contribution in [-0.4, -0.2) is 14.6 Å². The lowest BCUT2D eigenvalue weighted by Crippen LogP contribution is -2.06. The van der Waals surface area contributed by atoms with Gasteiger partial charge in [-0.2, -0.15) is 5.10 Å². The van der Waals surface area contributed by atoms with Gasteiger partial charge in [0.25, 0.3) is 0 Å². The maximum atomic E-state index is 6.31. The molecule has 0 aromatic carbocycles. The number of aromatic nitrogens is 3. The first-order chi connectivity index (χ1) is 7.84. The van der Waals surface area contributed by atoms with Gasteiger partial charge >= 0.3 is 0 Å². The van der Waals surface area contributed by atoms with Crippen molar-refractivity contribution in [2.75, 3.05) is 0 Å². The fourth-order valence-electron chi connectivity index (χ4n) is 2.57. The van der Waals surface area contributed by atoms with Gasteiger partial charge in [-0.05, 0) is 24.3 Å². The van der Waals surface area contributed by atoms with Crippen molar-refractivity contribution < 1.29 is 0 Å². The van der Waals surface area contributed by atoms with E-state index in [1.165, 1.54) is 37.7 Å². The molecule has 2 aromatic rings. The Morgan fingerprint density at radius 3 is 2.88 bits per heavy atom. The Balaban J connectivity index is 2.03. The Labute approximate surface area is 99.4 Å². The summed E-state index contributed by atoms with van der Waals surface area (Å²) >= 11 is 6.31. The summed E-state index contributed by atoms with van der Waals surface area (Å²) in [5.41, 5.74) is 2.06. The molecule has 2 aromatic heterocycles. The third-order valence-electron chi connectivity index (χ3n) is 3.44. The van der Waals surface area contributed by atoms with Crippen molar-refractivity contribution in [2.45, 2.75) is 38.0 Å². The van der Waals surface area contributed by atoms with Gasteiger partial charge in [0.1, 0.15) is 6.33 Å². The van der Waals surface area contributed by atoms with E-state index in [0.717, 1.165) is 10.7 Å². The van der Waals surface area contributed by atoms with Crippen LogP contribution in [0.15, 0.2) is 18.6 Å². The van der Waals surface area contributed by atoms with Crippen LogP contribution < -0.4 is 0 Å². The molecule has 1 saturated carbocycles. The smallest absolute Gasteiger partial charge is 0.156 e. The molecule has 4 heteroatoms. The van der Waals surface area contributed by atoms with Crippen molar-refractivity contribution in [2.24, 2.45) is 0 Å². The summed E-state index contributed by atoms with van der Waals surface area (Å²) in [6.45, 7) is 0. The molecule has 3 rings (SSSR count). The Morgan fingerprint density at radius 2 is 2.06 bits per heavy atom. The lowest BCUT2D eigenvalue weighted by Gasteiger charge is -2.22. The molecule has 84 valence electrons. The average molecular weight is 236 g/mol. The zero-order valence-corrected chi connectivity index (χ0v) is 9.82. The minimum absolute atomic E-state index is 0.606. The van der Waals surface area contributed by atoms with Gasteiger partial charge in [-0.15, -0.1) is 0 Å². The molecule has 0 atom stereocenters. The Hall–Kier alpha value is -1.09. The molecule has 16 heavy (non-hydrogen) atoms. The van der Waals surface area contributed by atoms with Crippen LogP contribution >= 0.6 is 11.6 Å². The van der Waals surface area contributed by atoms with Gasteiger partial charge in [-0.1, -0.05) is 30.9 Å². The first-order valence-electron chi connectivity index (χ1n) is 5.83. The van der Waals surface area contributed by atoms with Gasteiger partial charge < -0.3 is 0 Å². The first-order valence-corrected chi connectivity index (χ1v) is 6.21. The van der Waals surface area contributed by atoms with Gasteiger partial charge in [0.05, 0.1) is 0 Å². The number of hydrogen-bond donors (Lipinski definition) is 0. The molecule has 0 saturated heterocycles. The highest BCUT2D eigenvalue weighted by molar-refractivity contribution is 6.31. The third kappa shape index (κ3) is 1.69. The topological polar surface area (TPSA) is 30.2 Å². The molecule has 3 nitrogen and oxygen atoms in total. The van der Waals surface area contributed by atoms with Crippen LogP contribution in [-0.2, 0) is 0 Å². The monoisotopic (exact) mass is 235 g/mol. The highest BCUT2D eigenvalue weighted by atomic mass is 35.5. The van der Waals surface area contributed by atoms with E-state index in [2.05, 4.69) is 10.1 Å². The number of fused-ring (bicyclic) bond motifs is 1. The minimum Gasteiger partial charge on any atom is -0.221 e. The Bertz CT molecular complexity index is 500. The molecule has 0 aliphatic heterocycles. The second kappa shape index (κ2) is 4.06. The van der Waals surface area contributed by atoms with Gasteiger partial charge in [0.2, 0.25) is 0 Å². The summed E-state index contributed by atoms with van der Waals surface area (Å²) in [5, 5.41) is 5.00. The van der Waals surface area contributed by atoms with Crippen LogP contribution in [0.3, 0.4) is 0 Å². The predicted octanol–water partition coefficient (Wildman–Crippen LogP) is 3.43. The third-order valence-corrected chi connectivity index (χ3v) is 3.77. The fourth-order valence-corrected chi connectivity index (χ4v) is 2.87. The highest BCUT2D eigenvalue weighted by Crippen LogP contribution is 2.36.